The fourth-order valence-corrected chi connectivity index (χ4v) is 2.37. The molecule has 0 unspecified atom stereocenters. The molecule has 1 amide bonds. The van der Waals surface area contributed by atoms with E-state index < -0.39 is 11.7 Å². The summed E-state index contributed by atoms with van der Waals surface area (Å²) in [5, 5.41) is 5.71. The summed E-state index contributed by atoms with van der Waals surface area (Å²) >= 11 is 0. The van der Waals surface area contributed by atoms with E-state index in [2.05, 4.69) is 10.5 Å². The van der Waals surface area contributed by atoms with Gasteiger partial charge in [0, 0.05) is 5.56 Å². The lowest BCUT2D eigenvalue weighted by molar-refractivity contribution is 0.0952. The lowest BCUT2D eigenvalue weighted by Gasteiger charge is -2.09. The number of amides is 1. The maximum Gasteiger partial charge on any atom is 0.275 e. The molecular formula is C19H15FN2O2. The zero-order valence-corrected chi connectivity index (χ0v) is 13.0. The molecule has 0 aliphatic heterocycles. The quantitative estimate of drug-likeness (QED) is 0.587. The first-order valence-electron chi connectivity index (χ1n) is 7.34. The summed E-state index contributed by atoms with van der Waals surface area (Å²) in [5.74, 6) is -0.378. The second-order valence-corrected chi connectivity index (χ2v) is 5.12. The van der Waals surface area contributed by atoms with Crippen molar-refractivity contribution < 1.29 is 13.9 Å². The molecule has 0 saturated carbocycles. The molecule has 24 heavy (non-hydrogen) atoms. The topological polar surface area (TPSA) is 50.7 Å². The van der Waals surface area contributed by atoms with E-state index in [0.717, 1.165) is 10.8 Å². The highest BCUT2D eigenvalue weighted by Gasteiger charge is 2.13. The van der Waals surface area contributed by atoms with Crippen molar-refractivity contribution in [2.24, 2.45) is 5.10 Å². The van der Waals surface area contributed by atoms with Gasteiger partial charge in [0.2, 0.25) is 0 Å². The van der Waals surface area contributed by atoms with Crippen molar-refractivity contribution in [3.63, 3.8) is 0 Å². The minimum absolute atomic E-state index is 0.295. The number of nitrogens with one attached hydrogen (secondary N) is 1. The number of hydrogen-bond donors (Lipinski definition) is 1. The number of ether oxygens (including phenoxy) is 1. The summed E-state index contributed by atoms with van der Waals surface area (Å²) in [6.45, 7) is 0. The molecular weight excluding hydrogens is 307 g/mol. The predicted molar refractivity (Wildman–Crippen MR) is 92.0 cm³/mol. The molecule has 4 nitrogen and oxygen atoms in total. The van der Waals surface area contributed by atoms with Gasteiger partial charge in [0.15, 0.2) is 0 Å². The van der Waals surface area contributed by atoms with Crippen LogP contribution in [0, 0.1) is 5.82 Å². The molecule has 120 valence electrons. The Morgan fingerprint density at radius 3 is 2.46 bits per heavy atom. The number of fused-ring (bicyclic) bond motifs is 1. The van der Waals surface area contributed by atoms with E-state index in [1.165, 1.54) is 19.4 Å². The molecule has 0 fully saturated rings. The molecule has 0 saturated heterocycles. The van der Waals surface area contributed by atoms with Crippen LogP contribution in [0.5, 0.6) is 5.75 Å². The van der Waals surface area contributed by atoms with Gasteiger partial charge in [-0.2, -0.15) is 5.10 Å². The first-order chi connectivity index (χ1) is 11.7. The van der Waals surface area contributed by atoms with Crippen LogP contribution < -0.4 is 10.2 Å². The summed E-state index contributed by atoms with van der Waals surface area (Å²) in [7, 11) is 1.50. The number of halogens is 1. The summed E-state index contributed by atoms with van der Waals surface area (Å²) < 4.78 is 18.8. The highest BCUT2D eigenvalue weighted by molar-refractivity contribution is 6.01. The third kappa shape index (κ3) is 3.25. The maximum absolute atomic E-state index is 13.5. The van der Waals surface area contributed by atoms with Crippen LogP contribution in [0.15, 0.2) is 65.8 Å². The van der Waals surface area contributed by atoms with E-state index in [9.17, 15) is 9.18 Å². The number of methoxy groups -OCH3 is 1. The Labute approximate surface area is 138 Å². The van der Waals surface area contributed by atoms with Crippen molar-refractivity contribution in [2.45, 2.75) is 0 Å². The second kappa shape index (κ2) is 6.91. The molecule has 0 heterocycles. The Kier molecular flexibility index (Phi) is 4.52. The standard InChI is InChI=1S/C19H15FN2O2/c1-24-18-11-14-7-3-2-6-13(14)10-16(18)19(23)22-21-12-15-8-4-5-9-17(15)20/h2-12H,1H3,(H,22,23)/b21-12-. The molecule has 0 atom stereocenters. The van der Waals surface area contributed by atoms with Crippen LogP contribution in [0.4, 0.5) is 4.39 Å². The van der Waals surface area contributed by atoms with Gasteiger partial charge in [-0.1, -0.05) is 42.5 Å². The van der Waals surface area contributed by atoms with Crippen LogP contribution in [-0.4, -0.2) is 19.2 Å². The molecule has 3 aromatic carbocycles. The van der Waals surface area contributed by atoms with Crippen LogP contribution in [-0.2, 0) is 0 Å². The molecule has 0 radical (unpaired) electrons. The Balaban J connectivity index is 1.84. The normalized spacial score (nSPS) is 10.9. The van der Waals surface area contributed by atoms with Gasteiger partial charge >= 0.3 is 0 Å². The minimum Gasteiger partial charge on any atom is -0.496 e. The lowest BCUT2D eigenvalue weighted by Crippen LogP contribution is -2.18. The van der Waals surface area contributed by atoms with E-state index in [1.54, 1.807) is 30.3 Å². The van der Waals surface area contributed by atoms with Gasteiger partial charge in [0.05, 0.1) is 18.9 Å². The number of hydrogen-bond acceptors (Lipinski definition) is 3. The fraction of sp³-hybridized carbons (Fsp3) is 0.0526. The Morgan fingerprint density at radius 1 is 1.08 bits per heavy atom. The zero-order chi connectivity index (χ0) is 16.9. The molecule has 1 N–H and O–H groups in total. The number of benzene rings is 3. The third-order valence-corrected chi connectivity index (χ3v) is 3.59. The van der Waals surface area contributed by atoms with E-state index in [1.807, 2.05) is 24.3 Å². The average Bonchev–Trinajstić information content (AvgIpc) is 2.62. The lowest BCUT2D eigenvalue weighted by atomic mass is 10.1. The number of carbonyl (C=O) groups excluding carboxylic acids is 1. The predicted octanol–water partition coefficient (Wildman–Crippen LogP) is 3.75. The highest BCUT2D eigenvalue weighted by atomic mass is 19.1. The van der Waals surface area contributed by atoms with Gasteiger partial charge in [0.1, 0.15) is 11.6 Å². The maximum atomic E-state index is 13.5. The van der Waals surface area contributed by atoms with Crippen LogP contribution in [0.1, 0.15) is 15.9 Å². The Bertz CT molecular complexity index is 922. The smallest absolute Gasteiger partial charge is 0.275 e. The molecule has 0 aliphatic carbocycles. The summed E-state index contributed by atoms with van der Waals surface area (Å²) in [5.41, 5.74) is 3.06. The number of carbonyl (C=O) groups is 1. The fourth-order valence-electron chi connectivity index (χ4n) is 2.37. The van der Waals surface area contributed by atoms with Crippen molar-refractivity contribution >= 4 is 22.9 Å². The molecule has 0 spiro atoms. The van der Waals surface area contributed by atoms with Crippen LogP contribution in [0.2, 0.25) is 0 Å². The summed E-state index contributed by atoms with van der Waals surface area (Å²) in [4.78, 5) is 12.3. The van der Waals surface area contributed by atoms with E-state index >= 15 is 0 Å². The van der Waals surface area contributed by atoms with Gasteiger partial charge in [-0.3, -0.25) is 4.79 Å². The zero-order valence-electron chi connectivity index (χ0n) is 13.0. The van der Waals surface area contributed by atoms with Crippen molar-refractivity contribution in [3.05, 3.63) is 77.6 Å². The number of hydrazone groups is 1. The molecule has 0 bridgehead atoms. The monoisotopic (exact) mass is 322 g/mol. The SMILES string of the molecule is COc1cc2ccccc2cc1C(=O)N/N=C\c1ccccc1F. The van der Waals surface area contributed by atoms with Gasteiger partial charge in [-0.15, -0.1) is 0 Å². The molecule has 0 aliphatic rings. The van der Waals surface area contributed by atoms with E-state index in [0.29, 0.717) is 16.9 Å². The Hall–Kier alpha value is -3.21. The number of rotatable bonds is 4. The van der Waals surface area contributed by atoms with E-state index in [4.69, 9.17) is 4.74 Å². The molecule has 3 rings (SSSR count). The summed E-state index contributed by atoms with van der Waals surface area (Å²) in [6.07, 6.45) is 1.26. The van der Waals surface area contributed by atoms with Crippen LogP contribution in [0.25, 0.3) is 10.8 Å². The number of nitrogens with zero attached hydrogens (tertiary/aromatic N) is 1. The van der Waals surface area contributed by atoms with Gasteiger partial charge in [-0.25, -0.2) is 9.82 Å². The third-order valence-electron chi connectivity index (χ3n) is 3.59. The molecule has 3 aromatic rings. The van der Waals surface area contributed by atoms with Crippen molar-refractivity contribution in [2.75, 3.05) is 7.11 Å². The van der Waals surface area contributed by atoms with Crippen molar-refractivity contribution in [1.82, 2.24) is 5.43 Å². The summed E-state index contributed by atoms with van der Waals surface area (Å²) in [6, 6.07) is 17.4. The van der Waals surface area contributed by atoms with Crippen LogP contribution in [0.3, 0.4) is 0 Å². The molecule has 0 aromatic heterocycles. The molecule has 5 heteroatoms. The second-order valence-electron chi connectivity index (χ2n) is 5.12. The van der Waals surface area contributed by atoms with Gasteiger partial charge in [-0.05, 0) is 29.0 Å². The minimum atomic E-state index is -0.426. The first kappa shape index (κ1) is 15.7. The van der Waals surface area contributed by atoms with E-state index in [-0.39, 0.29) is 0 Å². The largest absolute Gasteiger partial charge is 0.496 e. The Morgan fingerprint density at radius 2 is 1.75 bits per heavy atom. The van der Waals surface area contributed by atoms with Gasteiger partial charge in [0.25, 0.3) is 5.91 Å². The van der Waals surface area contributed by atoms with Gasteiger partial charge < -0.3 is 4.74 Å². The first-order valence-corrected chi connectivity index (χ1v) is 7.34. The highest BCUT2D eigenvalue weighted by Crippen LogP contribution is 2.25. The van der Waals surface area contributed by atoms with Crippen LogP contribution >= 0.6 is 0 Å². The van der Waals surface area contributed by atoms with Crippen molar-refractivity contribution in [3.8, 4) is 5.75 Å². The average molecular weight is 322 g/mol. The van der Waals surface area contributed by atoms with Crippen molar-refractivity contribution in [1.29, 1.82) is 0 Å².